The molecule has 2 fully saturated rings. The van der Waals surface area contributed by atoms with Crippen LogP contribution in [0, 0.1) is 5.92 Å². The van der Waals surface area contributed by atoms with Crippen molar-refractivity contribution < 1.29 is 19.1 Å². The second-order valence-corrected chi connectivity index (χ2v) is 7.91. The fourth-order valence-electron chi connectivity index (χ4n) is 3.90. The van der Waals surface area contributed by atoms with E-state index in [4.69, 9.17) is 4.74 Å². The SMILES string of the molecule is C[C@@H](OC(=O)c1ccc(CN2CCCC2=O)cc1)C(=O)NCC1CCCCC1. The number of amides is 2. The minimum Gasteiger partial charge on any atom is -0.449 e. The van der Waals surface area contributed by atoms with Crippen LogP contribution in [0.25, 0.3) is 0 Å². The van der Waals surface area contributed by atoms with E-state index in [1.807, 2.05) is 17.0 Å². The third-order valence-corrected chi connectivity index (χ3v) is 5.68. The largest absolute Gasteiger partial charge is 0.449 e. The molecule has 1 aliphatic heterocycles. The highest BCUT2D eigenvalue weighted by atomic mass is 16.5. The Morgan fingerprint density at radius 3 is 2.50 bits per heavy atom. The van der Waals surface area contributed by atoms with E-state index in [0.29, 0.717) is 31.0 Å². The van der Waals surface area contributed by atoms with Gasteiger partial charge in [0.15, 0.2) is 6.10 Å². The molecule has 1 aromatic rings. The number of carbonyl (C=O) groups excluding carboxylic acids is 3. The summed E-state index contributed by atoms with van der Waals surface area (Å²) in [6.45, 7) is 3.61. The lowest BCUT2D eigenvalue weighted by Gasteiger charge is -2.22. The van der Waals surface area contributed by atoms with Crippen molar-refractivity contribution in [1.29, 1.82) is 0 Å². The van der Waals surface area contributed by atoms with Crippen LogP contribution < -0.4 is 5.32 Å². The monoisotopic (exact) mass is 386 g/mol. The van der Waals surface area contributed by atoms with Crippen molar-refractivity contribution >= 4 is 17.8 Å². The van der Waals surface area contributed by atoms with Crippen LogP contribution in [0.4, 0.5) is 0 Å². The number of nitrogens with zero attached hydrogens (tertiary/aromatic N) is 1. The highest BCUT2D eigenvalue weighted by Gasteiger charge is 2.22. The summed E-state index contributed by atoms with van der Waals surface area (Å²) >= 11 is 0. The lowest BCUT2D eigenvalue weighted by molar-refractivity contribution is -0.129. The van der Waals surface area contributed by atoms with Gasteiger partial charge >= 0.3 is 5.97 Å². The number of likely N-dealkylation sites (tertiary alicyclic amines) is 1. The lowest BCUT2D eigenvalue weighted by atomic mass is 9.89. The van der Waals surface area contributed by atoms with Crippen LogP contribution in [0.1, 0.15) is 67.8 Å². The Labute approximate surface area is 166 Å². The molecule has 6 nitrogen and oxygen atoms in total. The van der Waals surface area contributed by atoms with Gasteiger partial charge in [-0.3, -0.25) is 9.59 Å². The topological polar surface area (TPSA) is 75.7 Å². The first-order chi connectivity index (χ1) is 13.5. The number of hydrogen-bond acceptors (Lipinski definition) is 4. The Hall–Kier alpha value is -2.37. The summed E-state index contributed by atoms with van der Waals surface area (Å²) in [4.78, 5) is 38.0. The Balaban J connectivity index is 1.45. The highest BCUT2D eigenvalue weighted by molar-refractivity contribution is 5.92. The normalized spacial score (nSPS) is 18.8. The number of benzene rings is 1. The molecule has 3 rings (SSSR count). The molecule has 6 heteroatoms. The molecule has 1 aliphatic carbocycles. The number of rotatable bonds is 7. The molecule has 0 radical (unpaired) electrons. The van der Waals surface area contributed by atoms with E-state index in [1.54, 1.807) is 19.1 Å². The van der Waals surface area contributed by atoms with Crippen molar-refractivity contribution in [3.8, 4) is 0 Å². The van der Waals surface area contributed by atoms with Gasteiger partial charge in [0.2, 0.25) is 5.91 Å². The quantitative estimate of drug-likeness (QED) is 0.731. The van der Waals surface area contributed by atoms with Crippen LogP contribution in [0.15, 0.2) is 24.3 Å². The Morgan fingerprint density at radius 2 is 1.86 bits per heavy atom. The second kappa shape index (κ2) is 9.71. The number of esters is 1. The van der Waals surface area contributed by atoms with Crippen molar-refractivity contribution in [2.75, 3.05) is 13.1 Å². The minimum atomic E-state index is -0.821. The van der Waals surface area contributed by atoms with Crippen LogP contribution in [0.3, 0.4) is 0 Å². The molecule has 1 saturated carbocycles. The van der Waals surface area contributed by atoms with Crippen molar-refractivity contribution in [3.63, 3.8) is 0 Å². The zero-order valence-corrected chi connectivity index (χ0v) is 16.6. The first-order valence-electron chi connectivity index (χ1n) is 10.4. The summed E-state index contributed by atoms with van der Waals surface area (Å²) in [7, 11) is 0. The van der Waals surface area contributed by atoms with E-state index in [0.717, 1.165) is 31.4 Å². The summed E-state index contributed by atoms with van der Waals surface area (Å²) in [5.74, 6) is -0.0422. The number of hydrogen-bond donors (Lipinski definition) is 1. The molecule has 28 heavy (non-hydrogen) atoms. The van der Waals surface area contributed by atoms with Crippen molar-refractivity contribution in [2.45, 2.75) is 64.5 Å². The summed E-state index contributed by atoms with van der Waals surface area (Å²) in [5, 5.41) is 2.91. The van der Waals surface area contributed by atoms with Gasteiger partial charge in [0.1, 0.15) is 0 Å². The number of carbonyl (C=O) groups is 3. The lowest BCUT2D eigenvalue weighted by Crippen LogP contribution is -2.38. The van der Waals surface area contributed by atoms with Crippen LogP contribution in [-0.2, 0) is 20.9 Å². The van der Waals surface area contributed by atoms with E-state index >= 15 is 0 Å². The molecule has 1 N–H and O–H groups in total. The van der Waals surface area contributed by atoms with Crippen molar-refractivity contribution in [2.24, 2.45) is 5.92 Å². The van der Waals surface area contributed by atoms with E-state index in [-0.39, 0.29) is 11.8 Å². The van der Waals surface area contributed by atoms with Crippen molar-refractivity contribution in [3.05, 3.63) is 35.4 Å². The van der Waals surface area contributed by atoms with E-state index in [1.165, 1.54) is 19.3 Å². The smallest absolute Gasteiger partial charge is 0.338 e. The van der Waals surface area contributed by atoms with E-state index in [9.17, 15) is 14.4 Å². The van der Waals surface area contributed by atoms with E-state index in [2.05, 4.69) is 5.32 Å². The van der Waals surface area contributed by atoms with Crippen molar-refractivity contribution in [1.82, 2.24) is 10.2 Å². The Bertz CT molecular complexity index is 695. The third kappa shape index (κ3) is 5.57. The fraction of sp³-hybridized carbons (Fsp3) is 0.591. The average molecular weight is 386 g/mol. The van der Waals surface area contributed by atoms with Gasteiger partial charge in [0.25, 0.3) is 5.91 Å². The van der Waals surface area contributed by atoms with E-state index < -0.39 is 12.1 Å². The van der Waals surface area contributed by atoms with Gasteiger partial charge in [0, 0.05) is 26.1 Å². The maximum Gasteiger partial charge on any atom is 0.338 e. The molecule has 2 amide bonds. The second-order valence-electron chi connectivity index (χ2n) is 7.91. The zero-order chi connectivity index (χ0) is 19.9. The summed E-state index contributed by atoms with van der Waals surface area (Å²) in [5.41, 5.74) is 1.38. The number of nitrogens with one attached hydrogen (secondary N) is 1. The maximum atomic E-state index is 12.3. The van der Waals surface area contributed by atoms with Gasteiger partial charge in [0.05, 0.1) is 5.56 Å². The summed E-state index contributed by atoms with van der Waals surface area (Å²) < 4.78 is 5.31. The molecule has 1 atom stereocenters. The number of ether oxygens (including phenoxy) is 1. The first kappa shape index (κ1) is 20.4. The molecular formula is C22H30N2O4. The third-order valence-electron chi connectivity index (χ3n) is 5.68. The Morgan fingerprint density at radius 1 is 1.14 bits per heavy atom. The predicted molar refractivity (Wildman–Crippen MR) is 106 cm³/mol. The molecule has 0 bridgehead atoms. The Kier molecular flexibility index (Phi) is 7.06. The molecule has 1 saturated heterocycles. The van der Waals surface area contributed by atoms with Gasteiger partial charge in [-0.1, -0.05) is 31.4 Å². The van der Waals surface area contributed by atoms with Gasteiger partial charge in [-0.25, -0.2) is 4.79 Å². The molecule has 152 valence electrons. The predicted octanol–water partition coefficient (Wildman–Crippen LogP) is 3.05. The molecule has 2 aliphatic rings. The van der Waals surface area contributed by atoms with Crippen LogP contribution in [-0.4, -0.2) is 41.9 Å². The van der Waals surface area contributed by atoms with Gasteiger partial charge in [-0.15, -0.1) is 0 Å². The van der Waals surface area contributed by atoms with Crippen LogP contribution in [0.2, 0.25) is 0 Å². The molecular weight excluding hydrogens is 356 g/mol. The van der Waals surface area contributed by atoms with Crippen LogP contribution in [0.5, 0.6) is 0 Å². The average Bonchev–Trinajstić information content (AvgIpc) is 3.11. The highest BCUT2D eigenvalue weighted by Crippen LogP contribution is 2.22. The van der Waals surface area contributed by atoms with Gasteiger partial charge in [-0.2, -0.15) is 0 Å². The molecule has 0 aromatic heterocycles. The maximum absolute atomic E-state index is 12.3. The summed E-state index contributed by atoms with van der Waals surface area (Å²) in [6.07, 6.45) is 6.76. The zero-order valence-electron chi connectivity index (χ0n) is 16.6. The molecule has 0 unspecified atom stereocenters. The molecule has 1 heterocycles. The fourth-order valence-corrected chi connectivity index (χ4v) is 3.90. The van der Waals surface area contributed by atoms with Crippen LogP contribution >= 0.6 is 0 Å². The van der Waals surface area contributed by atoms with Gasteiger partial charge < -0.3 is 15.0 Å². The summed E-state index contributed by atoms with van der Waals surface area (Å²) in [6, 6.07) is 7.03. The molecule has 0 spiro atoms. The molecule has 1 aromatic carbocycles. The van der Waals surface area contributed by atoms with Gasteiger partial charge in [-0.05, 0) is 49.8 Å². The first-order valence-corrected chi connectivity index (χ1v) is 10.4. The standard InChI is InChI=1S/C22H30N2O4/c1-16(21(26)23-14-17-6-3-2-4-7-17)28-22(27)19-11-9-18(10-12-19)15-24-13-5-8-20(24)25/h9-12,16-17H,2-8,13-15H2,1H3,(H,23,26)/t16-/m1/s1. The minimum absolute atomic E-state index is 0.177.